The number of halogens is 2. The normalized spacial score (nSPS) is 11.3. The lowest BCUT2D eigenvalue weighted by Gasteiger charge is -2.11. The van der Waals surface area contributed by atoms with Crippen LogP contribution in [0.5, 0.6) is 0 Å². The highest BCUT2D eigenvalue weighted by Crippen LogP contribution is 2.24. The maximum absolute atomic E-state index is 13.7. The van der Waals surface area contributed by atoms with Crippen molar-refractivity contribution in [3.63, 3.8) is 0 Å². The Morgan fingerprint density at radius 2 is 2.05 bits per heavy atom. The van der Waals surface area contributed by atoms with E-state index in [0.29, 0.717) is 10.0 Å². The molecule has 2 rings (SSSR count). The van der Waals surface area contributed by atoms with Crippen molar-refractivity contribution in [2.24, 2.45) is 0 Å². The van der Waals surface area contributed by atoms with Gasteiger partial charge in [-0.25, -0.2) is 17.8 Å². The summed E-state index contributed by atoms with van der Waals surface area (Å²) in [6.45, 7) is 1.71. The van der Waals surface area contributed by atoms with Gasteiger partial charge >= 0.3 is 0 Å². The van der Waals surface area contributed by atoms with Crippen molar-refractivity contribution in [2.45, 2.75) is 11.8 Å². The minimum absolute atomic E-state index is 0.144. The quantitative estimate of drug-likeness (QED) is 0.881. The summed E-state index contributed by atoms with van der Waals surface area (Å²) in [5, 5.41) is 0. The minimum Gasteiger partial charge on any atom is -0.383 e. The van der Waals surface area contributed by atoms with E-state index in [1.54, 1.807) is 13.0 Å². The second kappa shape index (κ2) is 5.37. The molecule has 3 N–H and O–H groups in total. The van der Waals surface area contributed by atoms with Crippen LogP contribution in [0.2, 0.25) is 0 Å². The lowest BCUT2D eigenvalue weighted by atomic mass is 10.2. The van der Waals surface area contributed by atoms with Crippen LogP contribution in [0.1, 0.15) is 5.56 Å². The maximum atomic E-state index is 13.7. The smallest absolute Gasteiger partial charge is 0.265 e. The Hall–Kier alpha value is -1.67. The summed E-state index contributed by atoms with van der Waals surface area (Å²) in [5.41, 5.74) is 6.09. The number of nitrogens with one attached hydrogen (secondary N) is 1. The Balaban J connectivity index is 2.43. The van der Waals surface area contributed by atoms with Gasteiger partial charge in [-0.2, -0.15) is 0 Å². The van der Waals surface area contributed by atoms with Crippen LogP contribution in [-0.4, -0.2) is 13.4 Å². The van der Waals surface area contributed by atoms with E-state index < -0.39 is 15.8 Å². The van der Waals surface area contributed by atoms with Gasteiger partial charge in [0.1, 0.15) is 16.5 Å². The molecule has 1 heterocycles. The van der Waals surface area contributed by atoms with E-state index in [0.717, 1.165) is 0 Å². The molecular weight excluding hydrogens is 349 g/mol. The van der Waals surface area contributed by atoms with Crippen LogP contribution in [0.3, 0.4) is 0 Å². The van der Waals surface area contributed by atoms with Crippen molar-refractivity contribution >= 4 is 37.5 Å². The number of rotatable bonds is 3. The number of nitrogens with zero attached hydrogens (tertiary/aromatic N) is 1. The molecule has 0 saturated heterocycles. The summed E-state index contributed by atoms with van der Waals surface area (Å²) >= 11 is 3.11. The van der Waals surface area contributed by atoms with Gasteiger partial charge in [-0.15, -0.1) is 0 Å². The van der Waals surface area contributed by atoms with E-state index in [9.17, 15) is 12.8 Å². The minimum atomic E-state index is -4.01. The predicted octanol–water partition coefficient (Wildman–Crippen LogP) is 2.67. The van der Waals surface area contributed by atoms with Crippen LogP contribution in [0.25, 0.3) is 0 Å². The molecule has 1 aromatic carbocycles. The molecule has 0 spiro atoms. The van der Waals surface area contributed by atoms with Crippen molar-refractivity contribution in [3.8, 4) is 0 Å². The van der Waals surface area contributed by atoms with Crippen LogP contribution in [0.4, 0.5) is 15.9 Å². The Labute approximate surface area is 124 Å². The van der Waals surface area contributed by atoms with E-state index in [-0.39, 0.29) is 16.4 Å². The SMILES string of the molecule is Cc1ccc(NS(=O)(=O)c2cc(Br)cnc2N)c(F)c1. The Morgan fingerprint density at radius 1 is 1.35 bits per heavy atom. The zero-order chi connectivity index (χ0) is 14.9. The standard InChI is InChI=1S/C12H11BrFN3O2S/c1-7-2-3-10(9(14)4-7)17-20(18,19)11-5-8(13)6-16-12(11)15/h2-6,17H,1H3,(H2,15,16). The molecular formula is C12H11BrFN3O2S. The Morgan fingerprint density at radius 3 is 2.70 bits per heavy atom. The molecule has 0 atom stereocenters. The second-order valence-electron chi connectivity index (χ2n) is 4.13. The number of pyridine rings is 1. The fourth-order valence-electron chi connectivity index (χ4n) is 1.55. The third-order valence-electron chi connectivity index (χ3n) is 2.51. The van der Waals surface area contributed by atoms with E-state index in [1.165, 1.54) is 24.4 Å². The predicted molar refractivity (Wildman–Crippen MR) is 78.3 cm³/mol. The van der Waals surface area contributed by atoms with Crippen LogP contribution in [0, 0.1) is 12.7 Å². The zero-order valence-corrected chi connectivity index (χ0v) is 12.8. The first-order chi connectivity index (χ1) is 9.29. The van der Waals surface area contributed by atoms with Gasteiger partial charge in [0.15, 0.2) is 0 Å². The van der Waals surface area contributed by atoms with Gasteiger partial charge < -0.3 is 5.73 Å². The first kappa shape index (κ1) is 14.7. The summed E-state index contributed by atoms with van der Waals surface area (Å²) in [4.78, 5) is 3.53. The molecule has 0 saturated carbocycles. The molecule has 8 heteroatoms. The molecule has 0 aliphatic carbocycles. The number of hydrogen-bond acceptors (Lipinski definition) is 4. The summed E-state index contributed by atoms with van der Waals surface area (Å²) in [5.74, 6) is -0.816. The van der Waals surface area contributed by atoms with E-state index in [2.05, 4.69) is 25.6 Å². The van der Waals surface area contributed by atoms with Crippen molar-refractivity contribution in [3.05, 3.63) is 46.3 Å². The largest absolute Gasteiger partial charge is 0.383 e. The first-order valence-electron chi connectivity index (χ1n) is 5.49. The number of hydrogen-bond donors (Lipinski definition) is 2. The molecule has 106 valence electrons. The van der Waals surface area contributed by atoms with Crippen molar-refractivity contribution in [1.82, 2.24) is 4.98 Å². The molecule has 0 aliphatic heterocycles. The lowest BCUT2D eigenvalue weighted by Crippen LogP contribution is -2.16. The number of aromatic nitrogens is 1. The highest BCUT2D eigenvalue weighted by molar-refractivity contribution is 9.10. The first-order valence-corrected chi connectivity index (χ1v) is 7.77. The van der Waals surface area contributed by atoms with Gasteiger partial charge in [0, 0.05) is 10.7 Å². The average molecular weight is 360 g/mol. The second-order valence-corrected chi connectivity index (χ2v) is 6.69. The summed E-state index contributed by atoms with van der Waals surface area (Å²) in [7, 11) is -4.01. The van der Waals surface area contributed by atoms with Gasteiger partial charge in [-0.05, 0) is 46.6 Å². The van der Waals surface area contributed by atoms with Crippen molar-refractivity contribution < 1.29 is 12.8 Å². The number of nitrogen functional groups attached to an aromatic ring is 1. The van der Waals surface area contributed by atoms with Gasteiger partial charge in [-0.1, -0.05) is 6.07 Å². The number of benzene rings is 1. The lowest BCUT2D eigenvalue weighted by molar-refractivity contribution is 0.598. The summed E-state index contributed by atoms with van der Waals surface area (Å²) < 4.78 is 40.7. The average Bonchev–Trinajstić information content (AvgIpc) is 2.35. The monoisotopic (exact) mass is 359 g/mol. The van der Waals surface area contributed by atoms with Gasteiger partial charge in [0.2, 0.25) is 0 Å². The molecule has 0 radical (unpaired) electrons. The molecule has 0 amide bonds. The summed E-state index contributed by atoms with van der Waals surface area (Å²) in [6.07, 6.45) is 1.38. The molecule has 20 heavy (non-hydrogen) atoms. The Kier molecular flexibility index (Phi) is 3.96. The molecule has 1 aromatic heterocycles. The molecule has 0 fully saturated rings. The van der Waals surface area contributed by atoms with Gasteiger partial charge in [0.05, 0.1) is 5.69 Å². The highest BCUT2D eigenvalue weighted by atomic mass is 79.9. The molecule has 0 bridgehead atoms. The van der Waals surface area contributed by atoms with Crippen LogP contribution >= 0.6 is 15.9 Å². The fourth-order valence-corrected chi connectivity index (χ4v) is 3.21. The zero-order valence-electron chi connectivity index (χ0n) is 10.4. The number of sulfonamides is 1. The van der Waals surface area contributed by atoms with E-state index in [4.69, 9.17) is 5.73 Å². The van der Waals surface area contributed by atoms with Gasteiger partial charge in [0.25, 0.3) is 10.0 Å². The van der Waals surface area contributed by atoms with E-state index >= 15 is 0 Å². The van der Waals surface area contributed by atoms with E-state index in [1.807, 2.05) is 0 Å². The maximum Gasteiger partial charge on any atom is 0.265 e. The third-order valence-corrected chi connectivity index (χ3v) is 4.34. The molecule has 2 aromatic rings. The molecule has 5 nitrogen and oxygen atoms in total. The van der Waals surface area contributed by atoms with Gasteiger partial charge in [-0.3, -0.25) is 4.72 Å². The molecule has 0 unspecified atom stereocenters. The summed E-state index contributed by atoms with van der Waals surface area (Å²) in [6, 6.07) is 5.49. The highest BCUT2D eigenvalue weighted by Gasteiger charge is 2.20. The Bertz CT molecular complexity index is 765. The topological polar surface area (TPSA) is 85.1 Å². The number of nitrogens with two attached hydrogens (primary N) is 1. The van der Waals surface area contributed by atoms with Crippen LogP contribution in [0.15, 0.2) is 39.8 Å². The molecule has 0 aliphatic rings. The number of anilines is 2. The third kappa shape index (κ3) is 3.07. The van der Waals surface area contributed by atoms with Crippen LogP contribution in [-0.2, 0) is 10.0 Å². The fraction of sp³-hybridized carbons (Fsp3) is 0.0833. The van der Waals surface area contributed by atoms with Crippen LogP contribution < -0.4 is 10.5 Å². The van der Waals surface area contributed by atoms with Crippen molar-refractivity contribution in [1.29, 1.82) is 0 Å². The number of aryl methyl sites for hydroxylation is 1. The van der Waals surface area contributed by atoms with Crippen molar-refractivity contribution in [2.75, 3.05) is 10.5 Å².